The monoisotopic (exact) mass is 1600 g/mol. The Kier molecular flexibility index (Phi) is 458. The summed E-state index contributed by atoms with van der Waals surface area (Å²) in [6, 6.07) is 0. The van der Waals surface area contributed by atoms with Crippen molar-refractivity contribution in [1.82, 2.24) is 0 Å². The van der Waals surface area contributed by atoms with E-state index in [1.807, 2.05) is 0 Å². The molecule has 0 spiro atoms. The summed E-state index contributed by atoms with van der Waals surface area (Å²) < 4.78 is 0. The van der Waals surface area contributed by atoms with Gasteiger partial charge in [-0.25, -0.2) is 0 Å². The van der Waals surface area contributed by atoms with Crippen molar-refractivity contribution in [2.24, 2.45) is 0 Å². The smallest absolute Gasteiger partial charge is 0 e. The van der Waals surface area contributed by atoms with Gasteiger partial charge in [-0.1, -0.05) is 0 Å². The zero-order chi connectivity index (χ0) is 0. The van der Waals surface area contributed by atoms with Crippen LogP contribution in [0.4, 0.5) is 0 Å². The van der Waals surface area contributed by atoms with Gasteiger partial charge in [0.05, 0.1) is 0 Å². The average Bonchev–Trinajstić information content (AvgIpc) is 0. The number of hydrogen-bond acceptors (Lipinski definition) is 0. The van der Waals surface area contributed by atoms with E-state index in [1.54, 1.807) is 0 Å². The molecular formula is Pu5Rh4. The van der Waals surface area contributed by atoms with Crippen LogP contribution in [0, 0.1) is 146 Å². The summed E-state index contributed by atoms with van der Waals surface area (Å²) in [5.41, 5.74) is 0. The zero-order valence-electron chi connectivity index (χ0n) is 3.37. The second-order valence-electron chi connectivity index (χ2n) is 0. The third-order valence-electron chi connectivity index (χ3n) is 0. The van der Waals surface area contributed by atoms with Crippen molar-refractivity contribution >= 4 is 0 Å². The van der Waals surface area contributed by atoms with Crippen LogP contribution in [0.5, 0.6) is 0 Å². The molecule has 0 saturated carbocycles. The predicted molar refractivity (Wildman–Crippen MR) is 0 cm³/mol. The van der Waals surface area contributed by atoms with Crippen molar-refractivity contribution in [2.45, 2.75) is 0 Å². The largest absolute Gasteiger partial charge is 0 e. The minimum atomic E-state index is 0. The molecule has 0 aromatic rings. The molecule has 0 bridgehead atoms. The average molecular weight is 1630 g/mol. The summed E-state index contributed by atoms with van der Waals surface area (Å²) in [7, 11) is 0. The molecule has 0 amide bonds. The van der Waals surface area contributed by atoms with Crippen LogP contribution in [0.15, 0.2) is 0 Å². The van der Waals surface area contributed by atoms with Gasteiger partial charge in [0.25, 0.3) is 0 Å². The van der Waals surface area contributed by atoms with E-state index in [2.05, 4.69) is 0 Å². The van der Waals surface area contributed by atoms with E-state index in [-0.39, 0.29) is 224 Å². The Labute approximate surface area is 217 Å². The Balaban J connectivity index is 0. The summed E-state index contributed by atoms with van der Waals surface area (Å²) in [4.78, 5) is 0. The van der Waals surface area contributed by atoms with Crippen LogP contribution in [-0.2, 0) is 77.9 Å². The van der Waals surface area contributed by atoms with Crippen molar-refractivity contribution in [2.75, 3.05) is 0 Å². The van der Waals surface area contributed by atoms with Gasteiger partial charge in [0, 0.05) is 224 Å². The zero-order valence-corrected chi connectivity index (χ0v) is 26.9. The maximum absolute atomic E-state index is 0. The molecule has 0 aliphatic heterocycles. The Morgan fingerprint density at radius 1 is 0.222 bits per heavy atom. The van der Waals surface area contributed by atoms with E-state index < -0.39 is 0 Å². The summed E-state index contributed by atoms with van der Waals surface area (Å²) in [5, 5.41) is 0. The molecule has 66 valence electrons. The molecule has 9 heteroatoms. The van der Waals surface area contributed by atoms with Gasteiger partial charge >= 0.3 is 0 Å². The van der Waals surface area contributed by atoms with Crippen LogP contribution in [0.2, 0.25) is 0 Å². The predicted octanol–water partition coefficient (Wildman–Crippen LogP) is -0.0100. The molecular weight excluding hydrogens is 1630 g/mol. The van der Waals surface area contributed by atoms with Crippen LogP contribution in [-0.4, -0.2) is 0 Å². The summed E-state index contributed by atoms with van der Waals surface area (Å²) in [6.45, 7) is 0. The van der Waals surface area contributed by atoms with Crippen molar-refractivity contribution in [3.05, 3.63) is 0 Å². The number of hydrogen-bond donors (Lipinski definition) is 0. The fourth-order valence-electron chi connectivity index (χ4n) is 0. The number of rotatable bonds is 0. The van der Waals surface area contributed by atoms with Gasteiger partial charge in [-0.15, -0.1) is 0 Å². The first-order valence-corrected chi connectivity index (χ1v) is 0. The van der Waals surface area contributed by atoms with Gasteiger partial charge < -0.3 is 0 Å². The van der Waals surface area contributed by atoms with E-state index in [0.717, 1.165) is 0 Å². The fourth-order valence-corrected chi connectivity index (χ4v) is 0. The van der Waals surface area contributed by atoms with E-state index >= 15 is 0 Å². The normalized spacial score (nSPS) is 0. The quantitative estimate of drug-likeness (QED) is 0.300. The molecule has 9 heavy (non-hydrogen) atoms. The maximum Gasteiger partial charge on any atom is 0 e. The Morgan fingerprint density at radius 3 is 0.222 bits per heavy atom. The first kappa shape index (κ1) is 70.9. The maximum atomic E-state index is 0. The van der Waals surface area contributed by atoms with Gasteiger partial charge in [0.1, 0.15) is 0 Å². The Bertz CT molecular complexity index is 8.92. The van der Waals surface area contributed by atoms with Gasteiger partial charge in [0.2, 0.25) is 0 Å². The van der Waals surface area contributed by atoms with Crippen LogP contribution >= 0.6 is 0 Å². The standard InChI is InChI=1S/5Pu.4Rh. The molecule has 0 saturated heterocycles. The molecule has 0 atom stereocenters. The van der Waals surface area contributed by atoms with Crippen molar-refractivity contribution in [1.29, 1.82) is 0 Å². The van der Waals surface area contributed by atoms with Crippen LogP contribution in [0.1, 0.15) is 0 Å². The molecule has 0 unspecified atom stereocenters. The topological polar surface area (TPSA) is 0 Å². The van der Waals surface area contributed by atoms with E-state index in [0.29, 0.717) is 0 Å². The van der Waals surface area contributed by atoms with Crippen molar-refractivity contribution in [3.63, 3.8) is 0 Å². The second kappa shape index (κ2) is 58.2. The van der Waals surface area contributed by atoms with E-state index in [1.165, 1.54) is 0 Å². The molecule has 0 aromatic heterocycles. The van der Waals surface area contributed by atoms with Crippen LogP contribution in [0.25, 0.3) is 0 Å². The van der Waals surface area contributed by atoms with Gasteiger partial charge in [-0.05, 0) is 0 Å². The minimum Gasteiger partial charge on any atom is 0 e. The van der Waals surface area contributed by atoms with Gasteiger partial charge in [-0.2, -0.15) is 0 Å². The van der Waals surface area contributed by atoms with Crippen LogP contribution in [0.3, 0.4) is 0 Å². The molecule has 0 aromatic carbocycles. The Morgan fingerprint density at radius 2 is 0.222 bits per heavy atom. The summed E-state index contributed by atoms with van der Waals surface area (Å²) >= 11 is 0. The first-order valence-electron chi connectivity index (χ1n) is 0. The molecule has 0 rings (SSSR count). The summed E-state index contributed by atoms with van der Waals surface area (Å²) in [6.07, 6.45) is 0. The molecule has 0 aliphatic carbocycles. The summed E-state index contributed by atoms with van der Waals surface area (Å²) in [5.74, 6) is 0. The minimum absolute atomic E-state index is 0. The van der Waals surface area contributed by atoms with Gasteiger partial charge in [-0.3, -0.25) is 0 Å². The molecule has 0 fully saturated rings. The molecule has 0 heterocycles. The first-order chi connectivity index (χ1) is 0. The van der Waals surface area contributed by atoms with Gasteiger partial charge in [0.15, 0.2) is 0 Å². The van der Waals surface area contributed by atoms with E-state index in [4.69, 9.17) is 0 Å². The fraction of sp³-hybridized carbons (Fsp3) is 0. The molecule has 0 nitrogen and oxygen atoms in total. The molecule has 0 N–H and O–H groups in total. The van der Waals surface area contributed by atoms with E-state index in [9.17, 15) is 0 Å². The molecule has 4 radical (unpaired) electrons. The van der Waals surface area contributed by atoms with Crippen LogP contribution < -0.4 is 0 Å². The Hall–Kier alpha value is 7.43. The molecule has 0 aliphatic rings. The third-order valence-corrected chi connectivity index (χ3v) is 0. The third kappa shape index (κ3) is 50.4. The second-order valence-corrected chi connectivity index (χ2v) is 0. The van der Waals surface area contributed by atoms with Crippen molar-refractivity contribution in [3.8, 4) is 0 Å². The van der Waals surface area contributed by atoms with Crippen molar-refractivity contribution < 1.29 is 224 Å². The SMILES string of the molecule is [Pu].[Pu].[Pu].[Pu].[Pu].[Rh].[Rh].[Rh].[Rh].